The lowest BCUT2D eigenvalue weighted by molar-refractivity contribution is -0.140. The minimum absolute atomic E-state index is 0.00121. The molecule has 3 unspecified atom stereocenters. The van der Waals surface area contributed by atoms with Gasteiger partial charge in [0.15, 0.2) is 14.9 Å². The van der Waals surface area contributed by atoms with Crippen LogP contribution >= 0.6 is 0 Å². The molecule has 2 amide bonds. The van der Waals surface area contributed by atoms with Crippen molar-refractivity contribution in [2.24, 2.45) is 17.6 Å². The standard InChI is InChI=1S/C26H25F4N3O4S/c27-19-9-14(3-6-18(19)26(28,29)30)22(13-1-2-13)25-12-16(25)11-20(23(31)34)33(25)24(35)15-7-8-32-21(10-15)38(36,37)17-4-5-17/h3,6-10,13,16-17,20,22H,1-2,4-5,11-12H2,(H2,31,34)/t16?,20?,22-,25?/m1/s1. The predicted molar refractivity (Wildman–Crippen MR) is 126 cm³/mol. The van der Waals surface area contributed by atoms with Gasteiger partial charge < -0.3 is 10.6 Å². The van der Waals surface area contributed by atoms with Crippen LogP contribution in [-0.4, -0.2) is 46.9 Å². The van der Waals surface area contributed by atoms with Crippen molar-refractivity contribution in [2.45, 2.75) is 72.5 Å². The molecule has 1 aliphatic heterocycles. The second-order valence-electron chi connectivity index (χ2n) is 10.9. The Bertz CT molecular complexity index is 1450. The molecular weight excluding hydrogens is 526 g/mol. The molecule has 1 saturated heterocycles. The number of primary amides is 1. The molecule has 0 spiro atoms. The molecule has 4 aliphatic rings. The highest BCUT2D eigenvalue weighted by atomic mass is 32.2. The number of pyridine rings is 1. The van der Waals surface area contributed by atoms with Crippen LogP contribution in [0.3, 0.4) is 0 Å². The number of sulfone groups is 1. The highest BCUT2D eigenvalue weighted by Gasteiger charge is 2.72. The Morgan fingerprint density at radius 3 is 2.39 bits per heavy atom. The van der Waals surface area contributed by atoms with Crippen LogP contribution in [0.2, 0.25) is 0 Å². The SMILES string of the molecule is NC(=O)C1CC2CC2([C@@H](c2ccc(C(F)(F)F)c(F)c2)C2CC2)N1C(=O)c1ccnc(S(=O)(=O)C2CC2)c1. The summed E-state index contributed by atoms with van der Waals surface area (Å²) in [7, 11) is -3.68. The van der Waals surface area contributed by atoms with Crippen LogP contribution < -0.4 is 5.73 Å². The second kappa shape index (κ2) is 8.24. The van der Waals surface area contributed by atoms with E-state index in [-0.39, 0.29) is 28.8 Å². The number of benzene rings is 1. The molecule has 2 aromatic rings. The topological polar surface area (TPSA) is 110 Å². The van der Waals surface area contributed by atoms with E-state index in [9.17, 15) is 35.6 Å². The number of amides is 2. The minimum Gasteiger partial charge on any atom is -0.368 e. The molecule has 4 atom stereocenters. The number of likely N-dealkylation sites (tertiary alicyclic amines) is 1. The molecule has 2 N–H and O–H groups in total. The number of alkyl halides is 3. The summed E-state index contributed by atoms with van der Waals surface area (Å²) in [4.78, 5) is 31.8. The van der Waals surface area contributed by atoms with E-state index in [0.717, 1.165) is 25.0 Å². The molecule has 2 heterocycles. The maximum Gasteiger partial charge on any atom is 0.419 e. The van der Waals surface area contributed by atoms with Gasteiger partial charge >= 0.3 is 6.18 Å². The molecule has 4 fully saturated rings. The van der Waals surface area contributed by atoms with Crippen molar-refractivity contribution in [2.75, 3.05) is 0 Å². The van der Waals surface area contributed by atoms with Gasteiger partial charge in [-0.15, -0.1) is 0 Å². The first-order valence-electron chi connectivity index (χ1n) is 12.5. The molecule has 7 nitrogen and oxygen atoms in total. The molecule has 3 aliphatic carbocycles. The normalized spacial score (nSPS) is 27.6. The number of hydrogen-bond donors (Lipinski definition) is 1. The van der Waals surface area contributed by atoms with Gasteiger partial charge in [-0.2, -0.15) is 13.2 Å². The Kier molecular flexibility index (Phi) is 5.48. The molecule has 0 bridgehead atoms. The quantitative estimate of drug-likeness (QED) is 0.526. The van der Waals surface area contributed by atoms with Gasteiger partial charge in [0.1, 0.15) is 11.9 Å². The molecule has 1 aromatic heterocycles. The summed E-state index contributed by atoms with van der Waals surface area (Å²) in [5, 5.41) is -0.746. The Hall–Kier alpha value is -3.02. The Labute approximate surface area is 216 Å². The average Bonchev–Trinajstić information content (AvgIpc) is 3.72. The first-order valence-corrected chi connectivity index (χ1v) is 14.1. The van der Waals surface area contributed by atoms with Gasteiger partial charge in [-0.1, -0.05) is 6.07 Å². The van der Waals surface area contributed by atoms with Crippen molar-refractivity contribution in [1.82, 2.24) is 9.88 Å². The highest BCUT2D eigenvalue weighted by Crippen LogP contribution is 2.69. The fraction of sp³-hybridized carbons (Fsp3) is 0.500. The van der Waals surface area contributed by atoms with Gasteiger partial charge in [0.05, 0.1) is 16.4 Å². The average molecular weight is 552 g/mol. The van der Waals surface area contributed by atoms with Crippen molar-refractivity contribution >= 4 is 21.7 Å². The van der Waals surface area contributed by atoms with Crippen molar-refractivity contribution in [3.8, 4) is 0 Å². The number of nitrogens with zero attached hydrogens (tertiary/aromatic N) is 2. The maximum absolute atomic E-state index is 14.6. The largest absolute Gasteiger partial charge is 0.419 e. The van der Waals surface area contributed by atoms with Crippen LogP contribution in [-0.2, 0) is 20.8 Å². The zero-order chi connectivity index (χ0) is 27.2. The Morgan fingerprint density at radius 2 is 1.82 bits per heavy atom. The second-order valence-corrected chi connectivity index (χ2v) is 13.1. The number of carbonyl (C=O) groups is 2. The van der Waals surface area contributed by atoms with E-state index in [1.165, 1.54) is 29.3 Å². The zero-order valence-corrected chi connectivity index (χ0v) is 20.9. The zero-order valence-electron chi connectivity index (χ0n) is 20.1. The molecule has 12 heteroatoms. The van der Waals surface area contributed by atoms with Crippen LogP contribution in [0.4, 0.5) is 17.6 Å². The summed E-state index contributed by atoms with van der Waals surface area (Å²) in [6.07, 6.45) is -0.279. The lowest BCUT2D eigenvalue weighted by Crippen LogP contribution is -2.53. The molecule has 38 heavy (non-hydrogen) atoms. The summed E-state index contributed by atoms with van der Waals surface area (Å²) in [5.74, 6) is -3.34. The van der Waals surface area contributed by atoms with E-state index in [4.69, 9.17) is 5.73 Å². The molecule has 3 saturated carbocycles. The lowest BCUT2D eigenvalue weighted by atomic mass is 9.82. The summed E-state index contributed by atoms with van der Waals surface area (Å²) in [6.45, 7) is 0. The number of halogens is 4. The molecule has 1 aromatic carbocycles. The minimum atomic E-state index is -4.84. The number of hydrogen-bond acceptors (Lipinski definition) is 5. The van der Waals surface area contributed by atoms with E-state index in [0.29, 0.717) is 24.8 Å². The van der Waals surface area contributed by atoms with Gasteiger partial charge in [-0.25, -0.2) is 17.8 Å². The molecule has 6 rings (SSSR count). The van der Waals surface area contributed by atoms with Crippen molar-refractivity contribution in [3.05, 3.63) is 59.0 Å². The van der Waals surface area contributed by atoms with Crippen LogP contribution in [0.25, 0.3) is 0 Å². The first-order chi connectivity index (χ1) is 17.9. The van der Waals surface area contributed by atoms with Crippen LogP contribution in [0.5, 0.6) is 0 Å². The van der Waals surface area contributed by atoms with E-state index >= 15 is 0 Å². The fourth-order valence-electron chi connectivity index (χ4n) is 6.43. The van der Waals surface area contributed by atoms with Crippen LogP contribution in [0.1, 0.15) is 65.9 Å². The van der Waals surface area contributed by atoms with E-state index in [1.807, 2.05) is 0 Å². The number of carbonyl (C=O) groups excluding carboxylic acids is 2. The number of aromatic nitrogens is 1. The lowest BCUT2D eigenvalue weighted by Gasteiger charge is -2.39. The van der Waals surface area contributed by atoms with Crippen LogP contribution in [0, 0.1) is 17.7 Å². The van der Waals surface area contributed by atoms with Gasteiger partial charge in [-0.05, 0) is 80.2 Å². The fourth-order valence-corrected chi connectivity index (χ4v) is 8.02. The number of piperidine rings is 1. The third-order valence-corrected chi connectivity index (χ3v) is 10.6. The third kappa shape index (κ3) is 3.90. The smallest absolute Gasteiger partial charge is 0.368 e. The first kappa shape index (κ1) is 25.3. The summed E-state index contributed by atoms with van der Waals surface area (Å²) in [5.41, 5.74) is 3.77. The van der Waals surface area contributed by atoms with Crippen molar-refractivity contribution < 1.29 is 35.6 Å². The van der Waals surface area contributed by atoms with E-state index < -0.39 is 62.0 Å². The highest BCUT2D eigenvalue weighted by molar-refractivity contribution is 7.92. The van der Waals surface area contributed by atoms with E-state index in [1.54, 1.807) is 0 Å². The van der Waals surface area contributed by atoms with Gasteiger partial charge in [0.25, 0.3) is 5.91 Å². The monoisotopic (exact) mass is 551 g/mol. The summed E-state index contributed by atoms with van der Waals surface area (Å²) < 4.78 is 79.7. The van der Waals surface area contributed by atoms with E-state index in [2.05, 4.69) is 4.98 Å². The number of rotatable bonds is 7. The maximum atomic E-state index is 14.6. The Morgan fingerprint density at radius 1 is 1.11 bits per heavy atom. The van der Waals surface area contributed by atoms with Gasteiger partial charge in [0, 0.05) is 17.7 Å². The van der Waals surface area contributed by atoms with Gasteiger partial charge in [-0.3, -0.25) is 9.59 Å². The van der Waals surface area contributed by atoms with Crippen LogP contribution in [0.15, 0.2) is 41.6 Å². The number of nitrogens with two attached hydrogens (primary N) is 1. The third-order valence-electron chi connectivity index (χ3n) is 8.46. The van der Waals surface area contributed by atoms with Gasteiger partial charge in [0.2, 0.25) is 5.91 Å². The molecule has 202 valence electrons. The molecular formula is C26H25F4N3O4S. The predicted octanol–water partition coefficient (Wildman–Crippen LogP) is 3.83. The van der Waals surface area contributed by atoms with Crippen molar-refractivity contribution in [1.29, 1.82) is 0 Å². The Balaban J connectivity index is 1.41. The summed E-state index contributed by atoms with van der Waals surface area (Å²) in [6, 6.07) is 4.48. The molecule has 0 radical (unpaired) electrons. The number of fused-ring (bicyclic) bond motifs is 1. The summed E-state index contributed by atoms with van der Waals surface area (Å²) >= 11 is 0. The van der Waals surface area contributed by atoms with Crippen molar-refractivity contribution in [3.63, 3.8) is 0 Å².